The summed E-state index contributed by atoms with van der Waals surface area (Å²) in [5.74, 6) is -0.0647. The first kappa shape index (κ1) is 15.2. The molecule has 1 aromatic heterocycles. The van der Waals surface area contributed by atoms with E-state index in [1.54, 1.807) is 12.1 Å². The van der Waals surface area contributed by atoms with Gasteiger partial charge in [-0.3, -0.25) is 14.6 Å². The van der Waals surface area contributed by atoms with Crippen LogP contribution in [0.25, 0.3) is 0 Å². The number of amides is 1. The molecule has 6 heteroatoms. The molecule has 0 saturated carbocycles. The van der Waals surface area contributed by atoms with Gasteiger partial charge in [-0.2, -0.15) is 0 Å². The normalized spacial score (nSPS) is 9.05. The number of carbonyl (C=O) groups is 2. The summed E-state index contributed by atoms with van der Waals surface area (Å²) in [5.41, 5.74) is 5.92. The zero-order chi connectivity index (χ0) is 15.0. The van der Waals surface area contributed by atoms with Gasteiger partial charge in [0, 0.05) is 23.5 Å². The molecule has 0 aliphatic heterocycles. The number of hydrogen-bond acceptors (Lipinski definition) is 5. The highest BCUT2D eigenvalue weighted by Crippen LogP contribution is 2.25. The third kappa shape index (κ3) is 4.41. The number of phenolic OH excluding ortho intramolecular Hbond substituents is 1. The highest BCUT2D eigenvalue weighted by Gasteiger charge is 2.00. The van der Waals surface area contributed by atoms with Crippen molar-refractivity contribution in [2.24, 2.45) is 5.73 Å². The molecule has 1 heterocycles. The number of carbonyl (C=O) groups excluding carboxylic acids is 2. The number of phenols is 1. The van der Waals surface area contributed by atoms with Crippen LogP contribution in [0.4, 0.5) is 0 Å². The van der Waals surface area contributed by atoms with Gasteiger partial charge in [0.15, 0.2) is 11.5 Å². The summed E-state index contributed by atoms with van der Waals surface area (Å²) in [6.07, 6.45) is 3.75. The maximum Gasteiger partial charge on any atom is 0.248 e. The van der Waals surface area contributed by atoms with Crippen LogP contribution < -0.4 is 10.5 Å². The lowest BCUT2D eigenvalue weighted by atomic mass is 10.2. The molecule has 0 unspecified atom stereocenters. The number of rotatable bonds is 3. The Morgan fingerprint density at radius 3 is 2.40 bits per heavy atom. The zero-order valence-corrected chi connectivity index (χ0v) is 10.8. The van der Waals surface area contributed by atoms with Gasteiger partial charge in [-0.1, -0.05) is 0 Å². The van der Waals surface area contributed by atoms with Crippen molar-refractivity contribution in [1.29, 1.82) is 0 Å². The number of ether oxygens (including phenoxy) is 1. The molecule has 0 spiro atoms. The number of hydrogen-bond donors (Lipinski definition) is 2. The molecule has 0 atom stereocenters. The molecule has 0 saturated heterocycles. The van der Waals surface area contributed by atoms with Crippen LogP contribution in [0.3, 0.4) is 0 Å². The molecule has 0 bridgehead atoms. The van der Waals surface area contributed by atoms with Crippen molar-refractivity contribution in [3.8, 4) is 11.5 Å². The fourth-order valence-electron chi connectivity index (χ4n) is 1.28. The molecule has 20 heavy (non-hydrogen) atoms. The minimum atomic E-state index is -0.419. The predicted octanol–water partition coefficient (Wildman–Crippen LogP) is 1.39. The summed E-state index contributed by atoms with van der Waals surface area (Å²) in [6, 6.07) is 7.56. The Labute approximate surface area is 115 Å². The van der Waals surface area contributed by atoms with Gasteiger partial charge in [-0.15, -0.1) is 0 Å². The molecule has 1 amide bonds. The highest BCUT2D eigenvalue weighted by molar-refractivity contribution is 5.92. The molecule has 0 fully saturated rings. The fourth-order valence-corrected chi connectivity index (χ4v) is 1.28. The Kier molecular flexibility index (Phi) is 5.71. The second-order valence-electron chi connectivity index (χ2n) is 3.65. The van der Waals surface area contributed by atoms with Gasteiger partial charge >= 0.3 is 0 Å². The summed E-state index contributed by atoms with van der Waals surface area (Å²) < 4.78 is 4.78. The number of primary amides is 1. The summed E-state index contributed by atoms with van der Waals surface area (Å²) in [4.78, 5) is 24.4. The maximum absolute atomic E-state index is 10.4. The molecular formula is C14H14N2O4. The Morgan fingerprint density at radius 2 is 1.95 bits per heavy atom. The van der Waals surface area contributed by atoms with Crippen LogP contribution >= 0.6 is 0 Å². The van der Waals surface area contributed by atoms with E-state index >= 15 is 0 Å². The second-order valence-corrected chi connectivity index (χ2v) is 3.65. The Balaban J connectivity index is 0.000000204. The summed E-state index contributed by atoms with van der Waals surface area (Å²) in [5, 5.41) is 9.09. The lowest BCUT2D eigenvalue weighted by molar-refractivity contribution is 0.0999. The van der Waals surface area contributed by atoms with Crippen molar-refractivity contribution < 1.29 is 19.4 Å². The van der Waals surface area contributed by atoms with Crippen molar-refractivity contribution in [2.75, 3.05) is 7.11 Å². The quantitative estimate of drug-likeness (QED) is 0.823. The number of aromatic nitrogens is 1. The average Bonchev–Trinajstić information content (AvgIpc) is 2.49. The first-order chi connectivity index (χ1) is 9.58. The Hall–Kier alpha value is -2.89. The van der Waals surface area contributed by atoms with E-state index in [0.717, 1.165) is 0 Å². The first-order valence-corrected chi connectivity index (χ1v) is 5.60. The van der Waals surface area contributed by atoms with E-state index in [1.807, 2.05) is 0 Å². The number of methoxy groups -OCH3 is 1. The van der Waals surface area contributed by atoms with Crippen molar-refractivity contribution in [2.45, 2.75) is 0 Å². The summed E-state index contributed by atoms with van der Waals surface area (Å²) in [6.45, 7) is 0. The lowest BCUT2D eigenvalue weighted by Gasteiger charge is -2.01. The van der Waals surface area contributed by atoms with Crippen molar-refractivity contribution in [3.05, 3.63) is 53.9 Å². The van der Waals surface area contributed by atoms with Gasteiger partial charge < -0.3 is 15.6 Å². The second kappa shape index (κ2) is 7.52. The smallest absolute Gasteiger partial charge is 0.248 e. The molecule has 3 N–H and O–H groups in total. The molecular weight excluding hydrogens is 260 g/mol. The van der Waals surface area contributed by atoms with Crippen LogP contribution in [0.15, 0.2) is 42.7 Å². The van der Waals surface area contributed by atoms with Gasteiger partial charge in [-0.25, -0.2) is 0 Å². The first-order valence-electron chi connectivity index (χ1n) is 5.60. The van der Waals surface area contributed by atoms with Crippen LogP contribution in [0.1, 0.15) is 20.7 Å². The number of benzene rings is 1. The number of nitrogens with two attached hydrogens (primary N) is 1. The third-order valence-corrected chi connectivity index (χ3v) is 2.30. The molecule has 1 aromatic carbocycles. The Bertz CT molecular complexity index is 585. The van der Waals surface area contributed by atoms with Crippen LogP contribution in [0, 0.1) is 0 Å². The summed E-state index contributed by atoms with van der Waals surface area (Å²) >= 11 is 0. The molecule has 104 valence electrons. The number of aldehydes is 1. The molecule has 2 aromatic rings. The molecule has 6 nitrogen and oxygen atoms in total. The van der Waals surface area contributed by atoms with Crippen molar-refractivity contribution in [1.82, 2.24) is 4.98 Å². The minimum Gasteiger partial charge on any atom is -0.504 e. The Morgan fingerprint density at radius 1 is 1.30 bits per heavy atom. The van der Waals surface area contributed by atoms with E-state index < -0.39 is 5.91 Å². The maximum atomic E-state index is 10.4. The van der Waals surface area contributed by atoms with Gasteiger partial charge in [0.25, 0.3) is 0 Å². The zero-order valence-electron chi connectivity index (χ0n) is 10.8. The van der Waals surface area contributed by atoms with E-state index in [2.05, 4.69) is 4.98 Å². The van der Waals surface area contributed by atoms with Gasteiger partial charge in [0.1, 0.15) is 6.29 Å². The molecule has 0 aliphatic rings. The van der Waals surface area contributed by atoms with Crippen LogP contribution in [0.2, 0.25) is 0 Å². The van der Waals surface area contributed by atoms with Gasteiger partial charge in [0.05, 0.1) is 7.11 Å². The van der Waals surface area contributed by atoms with Crippen LogP contribution in [0.5, 0.6) is 11.5 Å². The minimum absolute atomic E-state index is 0.0399. The standard InChI is InChI=1S/C8H8O3.C6H6N2O/c1-11-8-4-6(5-9)2-3-7(8)10;7-6(9)5-1-3-8-4-2-5/h2-5,10H,1H3;1-4H,(H2,7,9). The number of nitrogens with zero attached hydrogens (tertiary/aromatic N) is 1. The van der Waals surface area contributed by atoms with Crippen LogP contribution in [-0.2, 0) is 0 Å². The lowest BCUT2D eigenvalue weighted by Crippen LogP contribution is -2.10. The largest absolute Gasteiger partial charge is 0.504 e. The average molecular weight is 274 g/mol. The van der Waals surface area contributed by atoms with E-state index in [9.17, 15) is 9.59 Å². The number of aromatic hydroxyl groups is 1. The molecule has 2 rings (SSSR count). The van der Waals surface area contributed by atoms with Crippen molar-refractivity contribution in [3.63, 3.8) is 0 Å². The summed E-state index contributed by atoms with van der Waals surface area (Å²) in [7, 11) is 1.43. The van der Waals surface area contributed by atoms with E-state index in [1.165, 1.54) is 37.7 Å². The van der Waals surface area contributed by atoms with E-state index in [-0.39, 0.29) is 5.75 Å². The van der Waals surface area contributed by atoms with Gasteiger partial charge in [0.2, 0.25) is 5.91 Å². The van der Waals surface area contributed by atoms with Gasteiger partial charge in [-0.05, 0) is 30.3 Å². The highest BCUT2D eigenvalue weighted by atomic mass is 16.5. The monoisotopic (exact) mass is 274 g/mol. The molecule has 0 radical (unpaired) electrons. The number of pyridine rings is 1. The SMILES string of the molecule is COc1cc(C=O)ccc1O.NC(=O)c1ccncc1. The molecule has 0 aliphatic carbocycles. The van der Waals surface area contributed by atoms with Crippen molar-refractivity contribution >= 4 is 12.2 Å². The van der Waals surface area contributed by atoms with E-state index in [0.29, 0.717) is 23.2 Å². The topological polar surface area (TPSA) is 103 Å². The van der Waals surface area contributed by atoms with E-state index in [4.69, 9.17) is 15.6 Å². The predicted molar refractivity (Wildman–Crippen MR) is 72.8 cm³/mol. The fraction of sp³-hybridized carbons (Fsp3) is 0.0714. The van der Waals surface area contributed by atoms with Crippen LogP contribution in [-0.4, -0.2) is 29.4 Å². The third-order valence-electron chi connectivity index (χ3n) is 2.30.